The van der Waals surface area contributed by atoms with Gasteiger partial charge in [0.15, 0.2) is 34.7 Å². The zero-order valence-corrected chi connectivity index (χ0v) is 16.0. The minimum absolute atomic E-state index is 0.253. The normalized spacial score (nSPS) is 25.2. The molecule has 11 nitrogen and oxygen atoms in total. The average Bonchev–Trinajstić information content (AvgIpc) is 3.46. The van der Waals surface area contributed by atoms with Gasteiger partial charge in [-0.3, -0.25) is 4.57 Å². The second kappa shape index (κ2) is 7.69. The third kappa shape index (κ3) is 3.21. The van der Waals surface area contributed by atoms with Crippen molar-refractivity contribution in [3.63, 3.8) is 0 Å². The Morgan fingerprint density at radius 3 is 2.90 bits per heavy atom. The van der Waals surface area contributed by atoms with E-state index in [1.165, 1.54) is 6.33 Å². The number of hydrogen-bond donors (Lipinski definition) is 4. The van der Waals surface area contributed by atoms with E-state index in [0.29, 0.717) is 23.5 Å². The van der Waals surface area contributed by atoms with Gasteiger partial charge in [0.05, 0.1) is 19.0 Å². The summed E-state index contributed by atoms with van der Waals surface area (Å²) in [5.41, 5.74) is 8.29. The number of benzene rings is 1. The first-order valence-electron chi connectivity index (χ1n) is 9.65. The van der Waals surface area contributed by atoms with Crippen molar-refractivity contribution >= 4 is 17.0 Å². The highest BCUT2D eigenvalue weighted by Gasteiger charge is 2.42. The van der Waals surface area contributed by atoms with Gasteiger partial charge in [-0.15, -0.1) is 0 Å². The van der Waals surface area contributed by atoms with Crippen LogP contribution in [0.15, 0.2) is 30.9 Å². The number of imidazole rings is 1. The second-order valence-electron chi connectivity index (χ2n) is 7.23. The van der Waals surface area contributed by atoms with Gasteiger partial charge >= 0.3 is 0 Å². The molecule has 0 spiro atoms. The second-order valence-corrected chi connectivity index (χ2v) is 7.23. The van der Waals surface area contributed by atoms with E-state index < -0.39 is 24.5 Å². The molecule has 3 aromatic rings. The Morgan fingerprint density at radius 2 is 2.07 bits per heavy atom. The SMILES string of the molecule is N[C@@H]1[C@H](O)[C@@H](CO)O[C@H]1n1cnc2c(NCCc3ccc4c(c3)OCO4)ncnc21. The molecular formula is C19H22N6O5. The first-order chi connectivity index (χ1) is 14.7. The molecule has 4 atom stereocenters. The van der Waals surface area contributed by atoms with Crippen molar-refractivity contribution in [3.8, 4) is 11.5 Å². The number of nitrogens with two attached hydrogens (primary N) is 1. The lowest BCUT2D eigenvalue weighted by atomic mass is 10.1. The van der Waals surface area contributed by atoms with Crippen LogP contribution in [0.3, 0.4) is 0 Å². The number of rotatable bonds is 6. The van der Waals surface area contributed by atoms with Gasteiger partial charge in [0.25, 0.3) is 0 Å². The van der Waals surface area contributed by atoms with Gasteiger partial charge in [-0.1, -0.05) is 6.07 Å². The Morgan fingerprint density at radius 1 is 1.20 bits per heavy atom. The quantitative estimate of drug-likeness (QED) is 0.426. The number of aliphatic hydroxyl groups excluding tert-OH is 2. The molecule has 2 aliphatic heterocycles. The van der Waals surface area contributed by atoms with Crippen molar-refractivity contribution in [2.24, 2.45) is 5.73 Å². The molecule has 2 aliphatic rings. The number of hydrogen-bond acceptors (Lipinski definition) is 10. The molecule has 158 valence electrons. The number of aromatic nitrogens is 4. The Bertz CT molecular complexity index is 1060. The van der Waals surface area contributed by atoms with Crippen molar-refractivity contribution in [2.75, 3.05) is 25.3 Å². The monoisotopic (exact) mass is 414 g/mol. The summed E-state index contributed by atoms with van der Waals surface area (Å²) < 4.78 is 18.1. The lowest BCUT2D eigenvalue weighted by Gasteiger charge is -2.17. The van der Waals surface area contributed by atoms with Crippen molar-refractivity contribution in [1.29, 1.82) is 0 Å². The first kappa shape index (κ1) is 19.0. The zero-order valence-electron chi connectivity index (χ0n) is 16.0. The van der Waals surface area contributed by atoms with Crippen molar-refractivity contribution in [1.82, 2.24) is 19.5 Å². The van der Waals surface area contributed by atoms with E-state index in [2.05, 4.69) is 20.3 Å². The number of nitrogens with zero attached hydrogens (tertiary/aromatic N) is 4. The molecule has 11 heteroatoms. The summed E-state index contributed by atoms with van der Waals surface area (Å²) in [6, 6.07) is 5.16. The molecule has 0 radical (unpaired) electrons. The van der Waals surface area contributed by atoms with Gasteiger partial charge in [0, 0.05) is 6.54 Å². The van der Waals surface area contributed by atoms with E-state index >= 15 is 0 Å². The molecule has 1 aromatic carbocycles. The van der Waals surface area contributed by atoms with Gasteiger partial charge < -0.3 is 35.5 Å². The smallest absolute Gasteiger partial charge is 0.231 e. The van der Waals surface area contributed by atoms with E-state index in [1.807, 2.05) is 18.2 Å². The van der Waals surface area contributed by atoms with Crippen LogP contribution in [0, 0.1) is 0 Å². The van der Waals surface area contributed by atoms with Crippen LogP contribution in [0.4, 0.5) is 5.82 Å². The Labute approximate surface area is 171 Å². The minimum atomic E-state index is -0.974. The highest BCUT2D eigenvalue weighted by Crippen LogP contribution is 2.33. The van der Waals surface area contributed by atoms with Crippen LogP contribution >= 0.6 is 0 Å². The third-order valence-corrected chi connectivity index (χ3v) is 5.37. The number of anilines is 1. The molecule has 5 rings (SSSR count). The Balaban J connectivity index is 1.31. The lowest BCUT2D eigenvalue weighted by Crippen LogP contribution is -2.39. The predicted octanol–water partition coefficient (Wildman–Crippen LogP) is -0.213. The third-order valence-electron chi connectivity index (χ3n) is 5.37. The first-order valence-corrected chi connectivity index (χ1v) is 9.65. The highest BCUT2D eigenvalue weighted by atomic mass is 16.7. The number of ether oxygens (including phenoxy) is 3. The topological polar surface area (TPSA) is 150 Å². The maximum absolute atomic E-state index is 10.1. The fourth-order valence-electron chi connectivity index (χ4n) is 3.76. The summed E-state index contributed by atoms with van der Waals surface area (Å²) in [5, 5.41) is 22.8. The van der Waals surface area contributed by atoms with Crippen molar-refractivity contribution in [3.05, 3.63) is 36.4 Å². The van der Waals surface area contributed by atoms with Gasteiger partial charge in [0.1, 0.15) is 18.5 Å². The fourth-order valence-corrected chi connectivity index (χ4v) is 3.76. The summed E-state index contributed by atoms with van der Waals surface area (Å²) in [6.07, 6.45) is 1.34. The van der Waals surface area contributed by atoms with Crippen LogP contribution in [-0.4, -0.2) is 67.9 Å². The van der Waals surface area contributed by atoms with Crippen molar-refractivity contribution in [2.45, 2.75) is 30.9 Å². The molecule has 5 N–H and O–H groups in total. The molecule has 0 bridgehead atoms. The Hall–Kier alpha value is -2.99. The highest BCUT2D eigenvalue weighted by molar-refractivity contribution is 5.82. The summed E-state index contributed by atoms with van der Waals surface area (Å²) in [4.78, 5) is 13.0. The maximum Gasteiger partial charge on any atom is 0.231 e. The van der Waals surface area contributed by atoms with Gasteiger partial charge in [-0.25, -0.2) is 15.0 Å². The van der Waals surface area contributed by atoms with Crippen LogP contribution in [0.5, 0.6) is 11.5 Å². The van der Waals surface area contributed by atoms with Crippen LogP contribution in [-0.2, 0) is 11.2 Å². The molecule has 1 fully saturated rings. The number of fused-ring (bicyclic) bond motifs is 2. The van der Waals surface area contributed by atoms with Crippen molar-refractivity contribution < 1.29 is 24.4 Å². The number of aliphatic hydroxyl groups is 2. The summed E-state index contributed by atoms with van der Waals surface area (Å²) in [5.74, 6) is 2.10. The molecule has 0 unspecified atom stereocenters. The fraction of sp³-hybridized carbons (Fsp3) is 0.421. The number of nitrogens with one attached hydrogen (secondary N) is 1. The molecule has 4 heterocycles. The zero-order chi connectivity index (χ0) is 20.7. The van der Waals surface area contributed by atoms with Crippen LogP contribution < -0.4 is 20.5 Å². The standard InChI is InChI=1S/C19H22N6O5/c20-14-16(27)13(6-26)30-19(14)25-8-24-15-17(22-7-23-18(15)25)21-4-3-10-1-2-11-12(5-10)29-9-28-11/h1-2,5,7-8,13-14,16,19,26-27H,3-4,6,9,20H2,(H,21,22,23)/t13-,14-,16-,19-/m1/s1. The van der Waals surface area contributed by atoms with E-state index in [0.717, 1.165) is 23.5 Å². The average molecular weight is 414 g/mol. The molecule has 2 aromatic heterocycles. The van der Waals surface area contributed by atoms with Gasteiger partial charge in [0.2, 0.25) is 6.79 Å². The molecule has 0 saturated carbocycles. The minimum Gasteiger partial charge on any atom is -0.454 e. The van der Waals surface area contributed by atoms with Gasteiger partial charge in [-0.05, 0) is 24.1 Å². The van der Waals surface area contributed by atoms with Crippen LogP contribution in [0.2, 0.25) is 0 Å². The summed E-state index contributed by atoms with van der Waals surface area (Å²) >= 11 is 0. The van der Waals surface area contributed by atoms with E-state index in [-0.39, 0.29) is 13.4 Å². The van der Waals surface area contributed by atoms with E-state index in [1.54, 1.807) is 10.9 Å². The predicted molar refractivity (Wildman–Crippen MR) is 105 cm³/mol. The largest absolute Gasteiger partial charge is 0.454 e. The molecule has 0 aliphatic carbocycles. The van der Waals surface area contributed by atoms with E-state index in [4.69, 9.17) is 19.9 Å². The molecule has 30 heavy (non-hydrogen) atoms. The summed E-state index contributed by atoms with van der Waals surface area (Å²) in [7, 11) is 0. The summed E-state index contributed by atoms with van der Waals surface area (Å²) in [6.45, 7) is 0.562. The molecule has 0 amide bonds. The molecular weight excluding hydrogens is 392 g/mol. The van der Waals surface area contributed by atoms with Crippen LogP contribution in [0.1, 0.15) is 11.8 Å². The lowest BCUT2D eigenvalue weighted by molar-refractivity contribution is -0.0437. The maximum atomic E-state index is 10.1. The molecule has 1 saturated heterocycles. The van der Waals surface area contributed by atoms with Gasteiger partial charge in [-0.2, -0.15) is 0 Å². The Kier molecular flexibility index (Phi) is 4.87. The van der Waals surface area contributed by atoms with Crippen LogP contribution in [0.25, 0.3) is 11.2 Å². The van der Waals surface area contributed by atoms with E-state index in [9.17, 15) is 10.2 Å².